The standard InChI is InChI=1S/C15H9F6NO2/c16-14(17,18)10-6-2-1-5-9(10)13(23)22-11-7-3-4-8-12(11)24-15(19,20)21/h1-8H,(H,22,23). The quantitative estimate of drug-likeness (QED) is 0.804. The molecule has 0 bridgehead atoms. The normalized spacial score (nSPS) is 11.9. The number of anilines is 1. The van der Waals surface area contributed by atoms with Gasteiger partial charge >= 0.3 is 12.5 Å². The average molecular weight is 349 g/mol. The van der Waals surface area contributed by atoms with Gasteiger partial charge in [-0.2, -0.15) is 13.2 Å². The summed E-state index contributed by atoms with van der Waals surface area (Å²) in [5.41, 5.74) is -2.32. The second-order valence-electron chi connectivity index (χ2n) is 4.54. The van der Waals surface area contributed by atoms with E-state index in [4.69, 9.17) is 0 Å². The first-order valence-electron chi connectivity index (χ1n) is 6.40. The third-order valence-electron chi connectivity index (χ3n) is 2.84. The van der Waals surface area contributed by atoms with Crippen LogP contribution >= 0.6 is 0 Å². The third-order valence-corrected chi connectivity index (χ3v) is 2.84. The Balaban J connectivity index is 2.32. The first-order valence-corrected chi connectivity index (χ1v) is 6.40. The number of carbonyl (C=O) groups excluding carboxylic acids is 1. The molecule has 0 saturated heterocycles. The minimum atomic E-state index is -5.01. The van der Waals surface area contributed by atoms with Gasteiger partial charge in [0.2, 0.25) is 0 Å². The number of amides is 1. The number of ether oxygens (including phenoxy) is 1. The van der Waals surface area contributed by atoms with E-state index in [0.29, 0.717) is 6.07 Å². The lowest BCUT2D eigenvalue weighted by Crippen LogP contribution is -2.21. The van der Waals surface area contributed by atoms with Crippen molar-refractivity contribution in [2.24, 2.45) is 0 Å². The van der Waals surface area contributed by atoms with E-state index in [-0.39, 0.29) is 0 Å². The fourth-order valence-corrected chi connectivity index (χ4v) is 1.90. The zero-order chi connectivity index (χ0) is 18.0. The molecule has 2 rings (SSSR count). The molecule has 1 amide bonds. The fraction of sp³-hybridized carbons (Fsp3) is 0.133. The second kappa shape index (κ2) is 6.42. The van der Waals surface area contributed by atoms with E-state index in [1.165, 1.54) is 18.2 Å². The maximum Gasteiger partial charge on any atom is 0.573 e. The Hall–Kier alpha value is -2.71. The van der Waals surface area contributed by atoms with Gasteiger partial charge in [-0.25, -0.2) is 0 Å². The summed E-state index contributed by atoms with van der Waals surface area (Å²) in [7, 11) is 0. The highest BCUT2D eigenvalue weighted by Crippen LogP contribution is 2.34. The molecule has 0 aliphatic rings. The topological polar surface area (TPSA) is 38.3 Å². The maximum atomic E-state index is 12.9. The first-order chi connectivity index (χ1) is 11.1. The molecule has 2 aromatic rings. The molecule has 0 fully saturated rings. The highest BCUT2D eigenvalue weighted by atomic mass is 19.4. The van der Waals surface area contributed by atoms with Gasteiger partial charge in [0.05, 0.1) is 16.8 Å². The number of hydrogen-bond acceptors (Lipinski definition) is 2. The summed E-state index contributed by atoms with van der Waals surface area (Å²) in [5.74, 6) is -1.94. The molecule has 128 valence electrons. The summed E-state index contributed by atoms with van der Waals surface area (Å²) in [6.45, 7) is 0. The van der Waals surface area contributed by atoms with Crippen LogP contribution in [0.3, 0.4) is 0 Å². The predicted octanol–water partition coefficient (Wildman–Crippen LogP) is 4.86. The second-order valence-corrected chi connectivity index (χ2v) is 4.54. The zero-order valence-electron chi connectivity index (χ0n) is 11.7. The van der Waals surface area contributed by atoms with E-state index in [0.717, 1.165) is 24.3 Å². The predicted molar refractivity (Wildman–Crippen MR) is 72.5 cm³/mol. The van der Waals surface area contributed by atoms with Crippen LogP contribution in [0.2, 0.25) is 0 Å². The Morgan fingerprint density at radius 1 is 0.875 bits per heavy atom. The van der Waals surface area contributed by atoms with Crippen LogP contribution < -0.4 is 10.1 Å². The van der Waals surface area contributed by atoms with E-state index in [2.05, 4.69) is 4.74 Å². The molecule has 0 radical (unpaired) electrons. The van der Waals surface area contributed by atoms with Crippen molar-refractivity contribution in [3.63, 3.8) is 0 Å². The van der Waals surface area contributed by atoms with Crippen molar-refractivity contribution in [1.82, 2.24) is 0 Å². The number of nitrogens with one attached hydrogen (secondary N) is 1. The van der Waals surface area contributed by atoms with Gasteiger partial charge in [0.25, 0.3) is 5.91 Å². The molecule has 0 atom stereocenters. The van der Waals surface area contributed by atoms with E-state index in [1.807, 2.05) is 5.32 Å². The molecule has 0 heterocycles. The van der Waals surface area contributed by atoms with Crippen LogP contribution in [0.5, 0.6) is 5.75 Å². The van der Waals surface area contributed by atoms with Crippen LogP contribution in [0.15, 0.2) is 48.5 Å². The van der Waals surface area contributed by atoms with Gasteiger partial charge in [-0.1, -0.05) is 24.3 Å². The summed E-state index contributed by atoms with van der Waals surface area (Å²) >= 11 is 0. The largest absolute Gasteiger partial charge is 0.573 e. The molecule has 1 N–H and O–H groups in total. The molecular weight excluding hydrogens is 340 g/mol. The van der Waals surface area contributed by atoms with Gasteiger partial charge in [-0.15, -0.1) is 13.2 Å². The summed E-state index contributed by atoms with van der Waals surface area (Å²) in [5, 5.41) is 2.00. The van der Waals surface area contributed by atoms with Crippen LogP contribution in [0, 0.1) is 0 Å². The third kappa shape index (κ3) is 4.40. The molecule has 0 aromatic heterocycles. The molecule has 0 aliphatic carbocycles. The Morgan fingerprint density at radius 3 is 2.08 bits per heavy atom. The van der Waals surface area contributed by atoms with Gasteiger partial charge in [-0.05, 0) is 24.3 Å². The van der Waals surface area contributed by atoms with Crippen LogP contribution in [0.1, 0.15) is 15.9 Å². The van der Waals surface area contributed by atoms with Crippen molar-refractivity contribution >= 4 is 11.6 Å². The highest BCUT2D eigenvalue weighted by Gasteiger charge is 2.35. The lowest BCUT2D eigenvalue weighted by molar-refractivity contribution is -0.274. The number of halogens is 6. The van der Waals surface area contributed by atoms with Crippen molar-refractivity contribution in [3.8, 4) is 5.75 Å². The number of rotatable bonds is 3. The Kier molecular flexibility index (Phi) is 4.72. The number of para-hydroxylation sites is 2. The number of alkyl halides is 6. The lowest BCUT2D eigenvalue weighted by atomic mass is 10.1. The summed E-state index contributed by atoms with van der Waals surface area (Å²) in [6, 6.07) is 8.46. The minimum Gasteiger partial charge on any atom is -0.404 e. The van der Waals surface area contributed by atoms with Gasteiger partial charge in [0.1, 0.15) is 0 Å². The smallest absolute Gasteiger partial charge is 0.404 e. The number of carbonyl (C=O) groups is 1. The lowest BCUT2D eigenvalue weighted by Gasteiger charge is -2.15. The van der Waals surface area contributed by atoms with Crippen molar-refractivity contribution in [3.05, 3.63) is 59.7 Å². The number of benzene rings is 2. The molecule has 3 nitrogen and oxygen atoms in total. The van der Waals surface area contributed by atoms with Crippen molar-refractivity contribution in [2.75, 3.05) is 5.32 Å². The Morgan fingerprint density at radius 2 is 1.46 bits per heavy atom. The van der Waals surface area contributed by atoms with Crippen molar-refractivity contribution in [2.45, 2.75) is 12.5 Å². The summed E-state index contributed by atoms with van der Waals surface area (Å²) in [4.78, 5) is 12.1. The number of hydrogen-bond donors (Lipinski definition) is 1. The molecule has 0 aliphatic heterocycles. The SMILES string of the molecule is O=C(Nc1ccccc1OC(F)(F)F)c1ccccc1C(F)(F)F. The van der Waals surface area contributed by atoms with Gasteiger partial charge < -0.3 is 10.1 Å². The van der Waals surface area contributed by atoms with E-state index in [9.17, 15) is 31.1 Å². The Bertz CT molecular complexity index is 739. The van der Waals surface area contributed by atoms with Crippen molar-refractivity contribution in [1.29, 1.82) is 0 Å². The van der Waals surface area contributed by atoms with E-state index < -0.39 is 41.0 Å². The minimum absolute atomic E-state index is 0.406. The van der Waals surface area contributed by atoms with Crippen molar-refractivity contribution < 1.29 is 35.9 Å². The van der Waals surface area contributed by atoms with Crippen LogP contribution in [-0.4, -0.2) is 12.3 Å². The zero-order valence-corrected chi connectivity index (χ0v) is 11.7. The maximum absolute atomic E-state index is 12.9. The first kappa shape index (κ1) is 17.6. The van der Waals surface area contributed by atoms with E-state index >= 15 is 0 Å². The summed E-state index contributed by atoms with van der Waals surface area (Å²) < 4.78 is 79.4. The average Bonchev–Trinajstić information content (AvgIpc) is 2.47. The summed E-state index contributed by atoms with van der Waals surface area (Å²) in [6.07, 6.45) is -9.79. The molecule has 2 aromatic carbocycles. The highest BCUT2D eigenvalue weighted by molar-refractivity contribution is 6.06. The molecular formula is C15H9F6NO2. The van der Waals surface area contributed by atoms with Crippen LogP contribution in [0.4, 0.5) is 32.0 Å². The monoisotopic (exact) mass is 349 g/mol. The molecule has 0 saturated carbocycles. The van der Waals surface area contributed by atoms with Crippen LogP contribution in [0.25, 0.3) is 0 Å². The van der Waals surface area contributed by atoms with Gasteiger partial charge in [0.15, 0.2) is 5.75 Å². The van der Waals surface area contributed by atoms with E-state index in [1.54, 1.807) is 0 Å². The Labute approximate surface area is 131 Å². The fourth-order valence-electron chi connectivity index (χ4n) is 1.90. The molecule has 24 heavy (non-hydrogen) atoms. The molecule has 0 spiro atoms. The van der Waals surface area contributed by atoms with Crippen LogP contribution in [-0.2, 0) is 6.18 Å². The molecule has 0 unspecified atom stereocenters. The molecule has 9 heteroatoms. The van der Waals surface area contributed by atoms with Gasteiger partial charge in [-0.3, -0.25) is 4.79 Å². The van der Waals surface area contributed by atoms with Gasteiger partial charge in [0, 0.05) is 0 Å².